The molecule has 114 valence electrons. The number of nitrogen functional groups attached to an aromatic ring is 2. The van der Waals surface area contributed by atoms with E-state index < -0.39 is 0 Å². The Bertz CT molecular complexity index is 967. The van der Waals surface area contributed by atoms with Gasteiger partial charge in [0.1, 0.15) is 17.7 Å². The first kappa shape index (κ1) is 14.4. The maximum Gasteiger partial charge on any atom is 0.327 e. The lowest BCUT2D eigenvalue weighted by molar-refractivity contribution is 0.245. The first-order valence-corrected chi connectivity index (χ1v) is 6.84. The van der Waals surface area contributed by atoms with E-state index in [-0.39, 0.29) is 6.03 Å². The van der Waals surface area contributed by atoms with Crippen molar-refractivity contribution in [3.8, 4) is 17.2 Å². The van der Waals surface area contributed by atoms with Gasteiger partial charge in [-0.05, 0) is 29.8 Å². The minimum atomic E-state index is -0.309. The minimum absolute atomic E-state index is 0.309. The number of carbonyl (C=O) groups is 1. The second-order valence-electron chi connectivity index (χ2n) is 5.00. The highest BCUT2D eigenvalue weighted by Crippen LogP contribution is 2.30. The quantitative estimate of drug-likeness (QED) is 0.634. The number of fused-ring (bicyclic) bond motifs is 1. The van der Waals surface area contributed by atoms with E-state index in [4.69, 9.17) is 11.5 Å². The number of pyridine rings is 1. The predicted molar refractivity (Wildman–Crippen MR) is 88.6 cm³/mol. The summed E-state index contributed by atoms with van der Waals surface area (Å²) in [6, 6.07) is 10.6. The van der Waals surface area contributed by atoms with Gasteiger partial charge < -0.3 is 16.8 Å². The Hall–Kier alpha value is -3.53. The molecule has 0 aliphatic carbocycles. The number of aromatic nitrogens is 2. The summed E-state index contributed by atoms with van der Waals surface area (Å²) in [5, 5.41) is 12.6. The zero-order valence-electron chi connectivity index (χ0n) is 12.4. The standard InChI is InChI=1S/C16H14N6O/c1-20-16(23)22-13-3-2-9(4-10(13)5-15(22)19)12-6-14(18)21-8-11(12)7-17/h2-6,8H,19H2,1H3,(H2,18,21)(H,20,23). The van der Waals surface area contributed by atoms with Gasteiger partial charge in [-0.1, -0.05) is 6.07 Å². The van der Waals surface area contributed by atoms with Crippen LogP contribution >= 0.6 is 0 Å². The molecule has 2 heterocycles. The van der Waals surface area contributed by atoms with Crippen molar-refractivity contribution in [1.82, 2.24) is 14.9 Å². The molecule has 2 aromatic heterocycles. The third kappa shape index (κ3) is 2.32. The van der Waals surface area contributed by atoms with Gasteiger partial charge in [0.25, 0.3) is 0 Å². The molecule has 3 aromatic rings. The number of rotatable bonds is 1. The number of nitrogens with one attached hydrogen (secondary N) is 1. The van der Waals surface area contributed by atoms with Gasteiger partial charge in [-0.15, -0.1) is 0 Å². The van der Waals surface area contributed by atoms with Crippen molar-refractivity contribution < 1.29 is 4.79 Å². The molecule has 7 heteroatoms. The van der Waals surface area contributed by atoms with Crippen molar-refractivity contribution in [2.75, 3.05) is 18.5 Å². The molecular weight excluding hydrogens is 292 g/mol. The summed E-state index contributed by atoms with van der Waals surface area (Å²) in [6.07, 6.45) is 1.44. The van der Waals surface area contributed by atoms with Gasteiger partial charge in [0, 0.05) is 24.2 Å². The fourth-order valence-electron chi connectivity index (χ4n) is 2.54. The molecule has 0 fully saturated rings. The first-order chi connectivity index (χ1) is 11.0. The molecule has 0 aliphatic rings. The molecule has 0 saturated heterocycles. The van der Waals surface area contributed by atoms with Crippen LogP contribution < -0.4 is 16.8 Å². The third-order valence-electron chi connectivity index (χ3n) is 3.60. The highest BCUT2D eigenvalue weighted by Gasteiger charge is 2.14. The predicted octanol–water partition coefficient (Wildman–Crippen LogP) is 1.93. The van der Waals surface area contributed by atoms with Crippen LogP contribution in [0.5, 0.6) is 0 Å². The lowest BCUT2D eigenvalue weighted by Gasteiger charge is -2.07. The number of nitrogens with zero attached hydrogens (tertiary/aromatic N) is 3. The number of amides is 1. The van der Waals surface area contributed by atoms with Crippen molar-refractivity contribution in [2.45, 2.75) is 0 Å². The molecule has 0 unspecified atom stereocenters. The summed E-state index contributed by atoms with van der Waals surface area (Å²) in [5.41, 5.74) is 14.2. The number of nitrogens with two attached hydrogens (primary N) is 2. The normalized spacial score (nSPS) is 10.4. The van der Waals surface area contributed by atoms with Crippen LogP contribution in [0.3, 0.4) is 0 Å². The molecule has 5 N–H and O–H groups in total. The van der Waals surface area contributed by atoms with E-state index in [9.17, 15) is 10.1 Å². The van der Waals surface area contributed by atoms with Crippen LogP contribution in [0.4, 0.5) is 16.4 Å². The smallest absolute Gasteiger partial charge is 0.327 e. The van der Waals surface area contributed by atoms with E-state index in [0.29, 0.717) is 28.3 Å². The maximum atomic E-state index is 11.9. The lowest BCUT2D eigenvalue weighted by Crippen LogP contribution is -2.25. The first-order valence-electron chi connectivity index (χ1n) is 6.84. The van der Waals surface area contributed by atoms with Crippen LogP contribution in [0.1, 0.15) is 5.56 Å². The van der Waals surface area contributed by atoms with E-state index in [0.717, 1.165) is 10.9 Å². The van der Waals surface area contributed by atoms with Gasteiger partial charge in [0.15, 0.2) is 0 Å². The minimum Gasteiger partial charge on any atom is -0.385 e. The monoisotopic (exact) mass is 306 g/mol. The molecule has 1 amide bonds. The molecule has 1 aromatic carbocycles. The largest absolute Gasteiger partial charge is 0.385 e. The Kier molecular flexibility index (Phi) is 3.35. The molecule has 0 atom stereocenters. The summed E-state index contributed by atoms with van der Waals surface area (Å²) >= 11 is 0. The van der Waals surface area contributed by atoms with Crippen LogP contribution in [0.15, 0.2) is 36.5 Å². The Balaban J connectivity index is 2.21. The number of carbonyl (C=O) groups excluding carboxylic acids is 1. The Labute approximate surface area is 132 Å². The van der Waals surface area contributed by atoms with Crippen LogP contribution in [0, 0.1) is 11.3 Å². The lowest BCUT2D eigenvalue weighted by atomic mass is 10.0. The van der Waals surface area contributed by atoms with Gasteiger partial charge in [-0.25, -0.2) is 14.3 Å². The van der Waals surface area contributed by atoms with Crippen molar-refractivity contribution in [3.05, 3.63) is 42.1 Å². The van der Waals surface area contributed by atoms with Crippen molar-refractivity contribution >= 4 is 28.6 Å². The van der Waals surface area contributed by atoms with E-state index in [2.05, 4.69) is 16.4 Å². The summed E-state index contributed by atoms with van der Waals surface area (Å²) in [5.74, 6) is 0.674. The van der Waals surface area contributed by atoms with Crippen LogP contribution in [-0.2, 0) is 0 Å². The molecule has 23 heavy (non-hydrogen) atoms. The number of hydrogen-bond donors (Lipinski definition) is 3. The van der Waals surface area contributed by atoms with Crippen molar-refractivity contribution in [3.63, 3.8) is 0 Å². The van der Waals surface area contributed by atoms with Crippen LogP contribution in [0.25, 0.3) is 22.0 Å². The summed E-state index contributed by atoms with van der Waals surface area (Å²) in [4.78, 5) is 15.8. The highest BCUT2D eigenvalue weighted by molar-refractivity contribution is 5.98. The van der Waals surface area contributed by atoms with Crippen molar-refractivity contribution in [2.24, 2.45) is 0 Å². The van der Waals surface area contributed by atoms with E-state index in [1.165, 1.54) is 10.8 Å². The van der Waals surface area contributed by atoms with E-state index >= 15 is 0 Å². The van der Waals surface area contributed by atoms with Crippen molar-refractivity contribution in [1.29, 1.82) is 5.26 Å². The number of nitriles is 1. The summed E-state index contributed by atoms with van der Waals surface area (Å²) in [7, 11) is 1.54. The van der Waals surface area contributed by atoms with Gasteiger partial charge in [0.05, 0.1) is 11.1 Å². The number of anilines is 2. The molecule has 0 bridgehead atoms. The van der Waals surface area contributed by atoms with Gasteiger partial charge in [-0.3, -0.25) is 0 Å². The van der Waals surface area contributed by atoms with Gasteiger partial charge >= 0.3 is 6.03 Å². The molecule has 3 rings (SSSR count). The molecule has 7 nitrogen and oxygen atoms in total. The fourth-order valence-corrected chi connectivity index (χ4v) is 2.54. The fraction of sp³-hybridized carbons (Fsp3) is 0.0625. The second kappa shape index (κ2) is 5.35. The molecule has 0 spiro atoms. The number of benzene rings is 1. The van der Waals surface area contributed by atoms with Crippen LogP contribution in [-0.4, -0.2) is 22.6 Å². The summed E-state index contributed by atoms with van der Waals surface area (Å²) in [6.45, 7) is 0. The zero-order valence-corrected chi connectivity index (χ0v) is 12.4. The van der Waals surface area contributed by atoms with Gasteiger partial charge in [0.2, 0.25) is 0 Å². The Morgan fingerprint density at radius 3 is 2.78 bits per heavy atom. The zero-order chi connectivity index (χ0) is 16.6. The van der Waals surface area contributed by atoms with E-state index in [1.54, 1.807) is 25.2 Å². The molecule has 0 saturated carbocycles. The topological polar surface area (TPSA) is 123 Å². The van der Waals surface area contributed by atoms with E-state index in [1.807, 2.05) is 12.1 Å². The maximum absolute atomic E-state index is 11.9. The average Bonchev–Trinajstić information content (AvgIpc) is 2.88. The number of hydrogen-bond acceptors (Lipinski definition) is 5. The Morgan fingerprint density at radius 2 is 2.09 bits per heavy atom. The average molecular weight is 306 g/mol. The SMILES string of the molecule is CNC(=O)n1c(N)cc2cc(-c3cc(N)ncc3C#N)ccc21. The Morgan fingerprint density at radius 1 is 1.30 bits per heavy atom. The third-order valence-corrected chi connectivity index (χ3v) is 3.60. The van der Waals surface area contributed by atoms with Crippen LogP contribution in [0.2, 0.25) is 0 Å². The molecular formula is C16H14N6O. The van der Waals surface area contributed by atoms with Gasteiger partial charge in [-0.2, -0.15) is 5.26 Å². The molecule has 0 radical (unpaired) electrons. The molecule has 0 aliphatic heterocycles. The second-order valence-corrected chi connectivity index (χ2v) is 5.00. The highest BCUT2D eigenvalue weighted by atomic mass is 16.2. The summed E-state index contributed by atoms with van der Waals surface area (Å²) < 4.78 is 1.39.